The number of likely N-dealkylation sites (N-methyl/N-ethyl adjacent to an activating group) is 1. The molecule has 1 aromatic carbocycles. The number of nitrogens with zero attached hydrogens (tertiary/aromatic N) is 1. The number of amides is 2. The Hall–Kier alpha value is -2.63. The molecule has 0 spiro atoms. The van der Waals surface area contributed by atoms with Gasteiger partial charge in [-0.15, -0.1) is 0 Å². The van der Waals surface area contributed by atoms with E-state index in [4.69, 9.17) is 4.74 Å². The predicted molar refractivity (Wildman–Crippen MR) is 151 cm³/mol. The minimum atomic E-state index is -0.393. The molecule has 0 saturated carbocycles. The van der Waals surface area contributed by atoms with Crippen LogP contribution in [-0.2, 0) is 24.5 Å². The van der Waals surface area contributed by atoms with Gasteiger partial charge in [0.25, 0.3) is 0 Å². The lowest BCUT2D eigenvalue weighted by Crippen LogP contribution is -2.45. The Morgan fingerprint density at radius 3 is 1.97 bits per heavy atom. The van der Waals surface area contributed by atoms with Crippen LogP contribution in [0.15, 0.2) is 42.0 Å². The van der Waals surface area contributed by atoms with Crippen LogP contribution in [0.1, 0.15) is 87.6 Å². The molecule has 0 saturated heterocycles. The molecule has 206 valence electrons. The maximum atomic E-state index is 12.8. The molecule has 2 amide bonds. The number of hydrogen-bond donors (Lipinski definition) is 1. The lowest BCUT2D eigenvalue weighted by Gasteiger charge is -2.33. The van der Waals surface area contributed by atoms with E-state index in [1.807, 2.05) is 51.1 Å². The Morgan fingerprint density at radius 1 is 1.03 bits per heavy atom. The predicted octanol–water partition coefficient (Wildman–Crippen LogP) is 6.15. The molecule has 1 rings (SSSR count). The highest BCUT2D eigenvalue weighted by Gasteiger charge is 2.35. The maximum Gasteiger partial charge on any atom is 0.333 e. The number of carbonyl (C=O) groups is 3. The zero-order chi connectivity index (χ0) is 28.3. The molecule has 0 aliphatic heterocycles. The van der Waals surface area contributed by atoms with E-state index in [1.165, 1.54) is 11.3 Å². The van der Waals surface area contributed by atoms with Crippen molar-refractivity contribution in [3.8, 4) is 0 Å². The van der Waals surface area contributed by atoms with Gasteiger partial charge in [-0.2, -0.15) is 0 Å². The quantitative estimate of drug-likeness (QED) is 0.306. The van der Waals surface area contributed by atoms with E-state index < -0.39 is 5.97 Å². The van der Waals surface area contributed by atoms with Gasteiger partial charge >= 0.3 is 5.97 Å². The van der Waals surface area contributed by atoms with Crippen molar-refractivity contribution >= 4 is 17.8 Å². The van der Waals surface area contributed by atoms with Crippen molar-refractivity contribution in [3.05, 3.63) is 47.5 Å². The number of rotatable bonds is 10. The Bertz CT molecular complexity index is 783. The molecule has 0 radical (unpaired) electrons. The van der Waals surface area contributed by atoms with E-state index in [2.05, 4.69) is 39.9 Å². The van der Waals surface area contributed by atoms with Crippen molar-refractivity contribution in [1.29, 1.82) is 0 Å². The second-order valence-corrected chi connectivity index (χ2v) is 10.1. The lowest BCUT2D eigenvalue weighted by atomic mass is 9.71. The molecule has 0 heterocycles. The molecular formula is C30H52N2O4. The summed E-state index contributed by atoms with van der Waals surface area (Å²) in [6.45, 7) is 20.7. The Kier molecular flexibility index (Phi) is 19.3. The average molecular weight is 505 g/mol. The summed E-state index contributed by atoms with van der Waals surface area (Å²) in [4.78, 5) is 38.2. The molecule has 0 fully saturated rings. The van der Waals surface area contributed by atoms with E-state index in [0.717, 1.165) is 11.5 Å². The third kappa shape index (κ3) is 14.7. The summed E-state index contributed by atoms with van der Waals surface area (Å²) in [5.41, 5.74) is 1.19. The van der Waals surface area contributed by atoms with Crippen LogP contribution in [-0.4, -0.2) is 49.4 Å². The molecule has 36 heavy (non-hydrogen) atoms. The average Bonchev–Trinajstić information content (AvgIpc) is 2.81. The zero-order valence-electron chi connectivity index (χ0n) is 24.7. The first-order valence-corrected chi connectivity index (χ1v) is 13.2. The number of carbonyl (C=O) groups excluding carboxylic acids is 3. The topological polar surface area (TPSA) is 75.7 Å². The van der Waals surface area contributed by atoms with Crippen LogP contribution < -0.4 is 5.32 Å². The molecule has 6 nitrogen and oxygen atoms in total. The van der Waals surface area contributed by atoms with Crippen molar-refractivity contribution in [1.82, 2.24) is 10.2 Å². The van der Waals surface area contributed by atoms with Gasteiger partial charge in [-0.3, -0.25) is 9.59 Å². The summed E-state index contributed by atoms with van der Waals surface area (Å²) in [7, 11) is 1.63. The fraction of sp³-hybridized carbons (Fsp3) is 0.633. The lowest BCUT2D eigenvalue weighted by molar-refractivity contribution is -0.138. The number of hydrogen-bond acceptors (Lipinski definition) is 4. The summed E-state index contributed by atoms with van der Waals surface area (Å²) in [6, 6.07) is 9.92. The normalized spacial score (nSPS) is 11.8. The minimum absolute atomic E-state index is 0.0804. The van der Waals surface area contributed by atoms with Gasteiger partial charge in [0.1, 0.15) is 0 Å². The van der Waals surface area contributed by atoms with Crippen LogP contribution in [0.2, 0.25) is 0 Å². The molecule has 1 N–H and O–H groups in total. The number of benzene rings is 1. The molecule has 6 heteroatoms. The fourth-order valence-electron chi connectivity index (χ4n) is 3.22. The van der Waals surface area contributed by atoms with Crippen LogP contribution in [0, 0.1) is 11.8 Å². The summed E-state index contributed by atoms with van der Waals surface area (Å²) in [5, 5.41) is 2.78. The van der Waals surface area contributed by atoms with Gasteiger partial charge in [0, 0.05) is 30.5 Å². The van der Waals surface area contributed by atoms with Gasteiger partial charge in [0.15, 0.2) is 0 Å². The van der Waals surface area contributed by atoms with Crippen molar-refractivity contribution in [2.24, 2.45) is 11.8 Å². The van der Waals surface area contributed by atoms with Gasteiger partial charge < -0.3 is 15.0 Å². The third-order valence-corrected chi connectivity index (χ3v) is 5.22. The van der Waals surface area contributed by atoms with Gasteiger partial charge in [-0.25, -0.2) is 4.79 Å². The van der Waals surface area contributed by atoms with Crippen LogP contribution in [0.5, 0.6) is 0 Å². The molecule has 0 aliphatic carbocycles. The maximum absolute atomic E-state index is 12.8. The van der Waals surface area contributed by atoms with E-state index in [9.17, 15) is 14.4 Å². The van der Waals surface area contributed by atoms with Gasteiger partial charge in [0.05, 0.1) is 13.2 Å². The van der Waals surface area contributed by atoms with E-state index >= 15 is 0 Å². The summed E-state index contributed by atoms with van der Waals surface area (Å²) < 4.78 is 4.91. The van der Waals surface area contributed by atoms with Crippen molar-refractivity contribution in [2.75, 3.05) is 26.7 Å². The first kappa shape index (κ1) is 35.5. The highest BCUT2D eigenvalue weighted by molar-refractivity contribution is 5.88. The molecule has 0 bridgehead atoms. The largest absolute Gasteiger partial charge is 0.463 e. The molecule has 0 aromatic heterocycles. The molecule has 0 unspecified atom stereocenters. The highest BCUT2D eigenvalue weighted by atomic mass is 16.5. The molecule has 1 aromatic rings. The first-order valence-electron chi connectivity index (χ1n) is 13.2. The van der Waals surface area contributed by atoms with Gasteiger partial charge in [0.2, 0.25) is 11.8 Å². The summed E-state index contributed by atoms with van der Waals surface area (Å²) in [6.07, 6.45) is 3.56. The van der Waals surface area contributed by atoms with Crippen molar-refractivity contribution in [3.63, 3.8) is 0 Å². The van der Waals surface area contributed by atoms with Crippen LogP contribution >= 0.6 is 0 Å². The number of ether oxygens (including phenoxy) is 1. The standard InChI is InChI=1S/C23H34N2O4.C4H10.C3H8/c1-7-19(23(4,5)18-12-10-9-11-13-18)21(27)24-16-20(26)25(6)15-14-17(3)22(28)29-8-2;1-4(2)3;1-3-2/h9-14,19H,7-8,15-16H2,1-6H3,(H,24,27);4H,1-3H3;3H2,1-2H3/b17-14+;;/t19-;;/m1../s1. The Balaban J connectivity index is 0. The van der Waals surface area contributed by atoms with Crippen LogP contribution in [0.3, 0.4) is 0 Å². The summed E-state index contributed by atoms with van der Waals surface area (Å²) >= 11 is 0. The Labute approximate surface area is 220 Å². The monoisotopic (exact) mass is 504 g/mol. The molecule has 1 atom stereocenters. The van der Waals surface area contributed by atoms with Crippen LogP contribution in [0.25, 0.3) is 0 Å². The van der Waals surface area contributed by atoms with Crippen molar-refractivity contribution < 1.29 is 19.1 Å². The highest BCUT2D eigenvalue weighted by Crippen LogP contribution is 2.33. The first-order chi connectivity index (χ1) is 16.8. The smallest absolute Gasteiger partial charge is 0.333 e. The van der Waals surface area contributed by atoms with Crippen molar-refractivity contribution in [2.45, 2.75) is 87.5 Å². The van der Waals surface area contributed by atoms with E-state index in [1.54, 1.807) is 27.0 Å². The van der Waals surface area contributed by atoms with Gasteiger partial charge in [-0.05, 0) is 31.7 Å². The van der Waals surface area contributed by atoms with Gasteiger partial charge in [-0.1, -0.05) is 98.2 Å². The summed E-state index contributed by atoms with van der Waals surface area (Å²) in [5.74, 6) is -0.176. The van der Waals surface area contributed by atoms with Crippen LogP contribution in [0.4, 0.5) is 0 Å². The fourth-order valence-corrected chi connectivity index (χ4v) is 3.22. The second kappa shape index (κ2) is 19.5. The second-order valence-electron chi connectivity index (χ2n) is 10.1. The third-order valence-electron chi connectivity index (χ3n) is 5.22. The zero-order valence-corrected chi connectivity index (χ0v) is 24.7. The Morgan fingerprint density at radius 2 is 1.53 bits per heavy atom. The minimum Gasteiger partial charge on any atom is -0.463 e. The van der Waals surface area contributed by atoms with E-state index in [-0.39, 0.29) is 36.2 Å². The SMILES string of the molecule is CC(C)C.CCC.CCOC(=O)/C(C)=C/CN(C)C(=O)CNC(=O)[C@@H](CC)C(C)(C)c1ccccc1. The number of esters is 1. The number of nitrogens with one attached hydrogen (secondary N) is 1. The molecule has 0 aliphatic rings. The van der Waals surface area contributed by atoms with E-state index in [0.29, 0.717) is 18.6 Å². The molecular weight excluding hydrogens is 452 g/mol.